The monoisotopic (exact) mass is 352 g/mol. The first-order valence-corrected chi connectivity index (χ1v) is 7.96. The first kappa shape index (κ1) is 17.4. The lowest BCUT2D eigenvalue weighted by Gasteiger charge is -2.15. The summed E-state index contributed by atoms with van der Waals surface area (Å²) in [5, 5.41) is 6.61. The summed E-state index contributed by atoms with van der Waals surface area (Å²) in [6.07, 6.45) is 0.0245. The second-order valence-corrected chi connectivity index (χ2v) is 5.95. The molecule has 0 aliphatic rings. The Labute approximate surface area is 145 Å². The molecule has 23 heavy (non-hydrogen) atoms. The van der Waals surface area contributed by atoms with Crippen LogP contribution < -0.4 is 15.4 Å². The van der Waals surface area contributed by atoms with Crippen molar-refractivity contribution in [1.82, 2.24) is 0 Å². The number of carbonyl (C=O) groups excluding carboxylic acids is 1. The minimum absolute atomic E-state index is 0.0245. The van der Waals surface area contributed by atoms with E-state index in [1.54, 1.807) is 24.3 Å². The van der Waals surface area contributed by atoms with E-state index in [1.807, 2.05) is 32.0 Å². The summed E-state index contributed by atoms with van der Waals surface area (Å²) in [4.78, 5) is 12.1. The Balaban J connectivity index is 1.99. The fourth-order valence-corrected chi connectivity index (χ4v) is 2.30. The average molecular weight is 353 g/mol. The molecule has 0 unspecified atom stereocenters. The van der Waals surface area contributed by atoms with E-state index in [1.165, 1.54) is 0 Å². The van der Waals surface area contributed by atoms with Crippen LogP contribution in [-0.4, -0.2) is 18.6 Å². The highest BCUT2D eigenvalue weighted by Gasteiger charge is 2.10. The number of benzene rings is 2. The normalized spacial score (nSPS) is 10.5. The molecule has 0 radical (unpaired) electrons. The summed E-state index contributed by atoms with van der Waals surface area (Å²) < 4.78 is 5.67. The molecule has 0 aliphatic heterocycles. The molecule has 2 aromatic carbocycles. The average Bonchev–Trinajstić information content (AvgIpc) is 2.50. The van der Waals surface area contributed by atoms with Crippen LogP contribution in [0.3, 0.4) is 0 Å². The van der Waals surface area contributed by atoms with Crippen LogP contribution in [-0.2, 0) is 4.79 Å². The molecule has 4 nitrogen and oxygen atoms in total. The predicted molar refractivity (Wildman–Crippen MR) is 95.8 cm³/mol. The standard InChI is InChI=1S/C17H18Cl2N2O2/c1-11(2)23-15-9-4-3-7-13(15)21-16(22)10-20-14-8-5-6-12(18)17(14)19/h3-9,11,20H,10H2,1-2H3,(H,21,22). The van der Waals surface area contributed by atoms with Gasteiger partial charge in [0.25, 0.3) is 0 Å². The molecule has 0 spiro atoms. The quantitative estimate of drug-likeness (QED) is 0.782. The van der Waals surface area contributed by atoms with E-state index in [-0.39, 0.29) is 18.6 Å². The van der Waals surface area contributed by atoms with Gasteiger partial charge in [0.2, 0.25) is 5.91 Å². The van der Waals surface area contributed by atoms with Crippen molar-refractivity contribution in [3.8, 4) is 5.75 Å². The Kier molecular flexibility index (Phi) is 6.13. The number of anilines is 2. The maximum absolute atomic E-state index is 12.1. The lowest BCUT2D eigenvalue weighted by molar-refractivity contribution is -0.114. The Morgan fingerprint density at radius 3 is 2.52 bits per heavy atom. The number of ether oxygens (including phenoxy) is 1. The molecule has 6 heteroatoms. The smallest absolute Gasteiger partial charge is 0.243 e. The van der Waals surface area contributed by atoms with Crippen LogP contribution in [0.5, 0.6) is 5.75 Å². The van der Waals surface area contributed by atoms with Crippen molar-refractivity contribution in [3.63, 3.8) is 0 Å². The van der Waals surface area contributed by atoms with E-state index < -0.39 is 0 Å². The van der Waals surface area contributed by atoms with Crippen LogP contribution in [0.2, 0.25) is 10.0 Å². The molecule has 1 amide bonds. The molecule has 0 bridgehead atoms. The fourth-order valence-electron chi connectivity index (χ4n) is 1.94. The summed E-state index contributed by atoms with van der Waals surface area (Å²) in [6, 6.07) is 12.5. The predicted octanol–water partition coefficient (Wildman–Crippen LogP) is 4.83. The van der Waals surface area contributed by atoms with E-state index in [0.717, 1.165) is 0 Å². The minimum atomic E-state index is -0.208. The number of rotatable bonds is 6. The Morgan fingerprint density at radius 2 is 1.78 bits per heavy atom. The second kappa shape index (κ2) is 8.09. The molecule has 0 aliphatic carbocycles. The van der Waals surface area contributed by atoms with Gasteiger partial charge >= 0.3 is 0 Å². The van der Waals surface area contributed by atoms with Gasteiger partial charge in [-0.1, -0.05) is 41.4 Å². The third kappa shape index (κ3) is 5.05. The van der Waals surface area contributed by atoms with Gasteiger partial charge in [-0.2, -0.15) is 0 Å². The third-order valence-corrected chi connectivity index (χ3v) is 3.73. The first-order valence-electron chi connectivity index (χ1n) is 7.21. The zero-order valence-electron chi connectivity index (χ0n) is 12.9. The number of nitrogens with one attached hydrogen (secondary N) is 2. The molecule has 0 heterocycles. The number of hydrogen-bond donors (Lipinski definition) is 2. The molecular weight excluding hydrogens is 335 g/mol. The van der Waals surface area contributed by atoms with Crippen molar-refractivity contribution in [2.45, 2.75) is 20.0 Å². The second-order valence-electron chi connectivity index (χ2n) is 5.17. The summed E-state index contributed by atoms with van der Waals surface area (Å²) in [5.74, 6) is 0.428. The topological polar surface area (TPSA) is 50.4 Å². The van der Waals surface area contributed by atoms with Gasteiger partial charge in [-0.3, -0.25) is 4.79 Å². The van der Waals surface area contributed by atoms with E-state index in [9.17, 15) is 4.79 Å². The minimum Gasteiger partial charge on any atom is -0.489 e. The molecule has 2 N–H and O–H groups in total. The van der Waals surface area contributed by atoms with E-state index in [2.05, 4.69) is 10.6 Å². The lowest BCUT2D eigenvalue weighted by atomic mass is 10.2. The summed E-state index contributed by atoms with van der Waals surface area (Å²) in [5.41, 5.74) is 1.24. The third-order valence-electron chi connectivity index (χ3n) is 2.91. The molecule has 0 aromatic heterocycles. The van der Waals surface area contributed by atoms with E-state index >= 15 is 0 Å². The SMILES string of the molecule is CC(C)Oc1ccccc1NC(=O)CNc1cccc(Cl)c1Cl. The molecule has 0 saturated carbocycles. The molecule has 2 aromatic rings. The van der Waals surface area contributed by atoms with Gasteiger partial charge in [-0.25, -0.2) is 0 Å². The zero-order chi connectivity index (χ0) is 16.8. The van der Waals surface area contributed by atoms with Crippen molar-refractivity contribution in [2.24, 2.45) is 0 Å². The van der Waals surface area contributed by atoms with Crippen LogP contribution in [0, 0.1) is 0 Å². The number of para-hydroxylation sites is 2. The maximum atomic E-state index is 12.1. The number of halogens is 2. The maximum Gasteiger partial charge on any atom is 0.243 e. The largest absolute Gasteiger partial charge is 0.489 e. The van der Waals surface area contributed by atoms with E-state index in [4.69, 9.17) is 27.9 Å². The van der Waals surface area contributed by atoms with Gasteiger partial charge in [-0.05, 0) is 38.1 Å². The van der Waals surface area contributed by atoms with Gasteiger partial charge in [0.1, 0.15) is 5.75 Å². The lowest BCUT2D eigenvalue weighted by Crippen LogP contribution is -2.22. The number of amides is 1. The highest BCUT2D eigenvalue weighted by atomic mass is 35.5. The van der Waals surface area contributed by atoms with Crippen LogP contribution in [0.1, 0.15) is 13.8 Å². The van der Waals surface area contributed by atoms with Crippen molar-refractivity contribution in [3.05, 3.63) is 52.5 Å². The molecule has 0 fully saturated rings. The van der Waals surface area contributed by atoms with Crippen molar-refractivity contribution in [2.75, 3.05) is 17.2 Å². The Morgan fingerprint density at radius 1 is 1.09 bits per heavy atom. The molecule has 122 valence electrons. The van der Waals surface area contributed by atoms with Gasteiger partial charge in [0.05, 0.1) is 34.1 Å². The van der Waals surface area contributed by atoms with Gasteiger partial charge in [-0.15, -0.1) is 0 Å². The molecule has 0 atom stereocenters. The van der Waals surface area contributed by atoms with Gasteiger partial charge in [0.15, 0.2) is 0 Å². The molecule has 0 saturated heterocycles. The van der Waals surface area contributed by atoms with Crippen LogP contribution in [0.4, 0.5) is 11.4 Å². The molecule has 2 rings (SSSR count). The summed E-state index contributed by atoms with van der Waals surface area (Å²) >= 11 is 12.0. The van der Waals surface area contributed by atoms with Gasteiger partial charge < -0.3 is 15.4 Å². The van der Waals surface area contributed by atoms with Crippen LogP contribution in [0.25, 0.3) is 0 Å². The Hall–Kier alpha value is -1.91. The summed E-state index contributed by atoms with van der Waals surface area (Å²) in [6.45, 7) is 3.93. The number of hydrogen-bond acceptors (Lipinski definition) is 3. The fraction of sp³-hybridized carbons (Fsp3) is 0.235. The first-order chi connectivity index (χ1) is 11.0. The number of carbonyl (C=O) groups is 1. The van der Waals surface area contributed by atoms with Crippen molar-refractivity contribution < 1.29 is 9.53 Å². The zero-order valence-corrected chi connectivity index (χ0v) is 14.4. The summed E-state index contributed by atoms with van der Waals surface area (Å²) in [7, 11) is 0. The Bertz CT molecular complexity index is 690. The molecular formula is C17H18Cl2N2O2. The highest BCUT2D eigenvalue weighted by Crippen LogP contribution is 2.29. The van der Waals surface area contributed by atoms with E-state index in [0.29, 0.717) is 27.2 Å². The van der Waals surface area contributed by atoms with Crippen molar-refractivity contribution in [1.29, 1.82) is 0 Å². The van der Waals surface area contributed by atoms with Crippen molar-refractivity contribution >= 4 is 40.5 Å². The van der Waals surface area contributed by atoms with Crippen LogP contribution >= 0.6 is 23.2 Å². The van der Waals surface area contributed by atoms with Gasteiger partial charge in [0, 0.05) is 0 Å². The highest BCUT2D eigenvalue weighted by molar-refractivity contribution is 6.43. The van der Waals surface area contributed by atoms with Crippen LogP contribution in [0.15, 0.2) is 42.5 Å².